The van der Waals surface area contributed by atoms with E-state index in [9.17, 15) is 4.79 Å². The molecule has 0 aliphatic carbocycles. The van der Waals surface area contributed by atoms with Gasteiger partial charge >= 0.3 is 0 Å². The van der Waals surface area contributed by atoms with E-state index in [1.165, 1.54) is 6.20 Å². The number of carbonyl (C=O) groups excluding carboxylic acids is 1. The van der Waals surface area contributed by atoms with Gasteiger partial charge in [0.25, 0.3) is 5.91 Å². The third-order valence-electron chi connectivity index (χ3n) is 3.71. The van der Waals surface area contributed by atoms with Crippen molar-refractivity contribution in [3.8, 4) is 6.07 Å². The van der Waals surface area contributed by atoms with E-state index in [1.54, 1.807) is 4.90 Å². The summed E-state index contributed by atoms with van der Waals surface area (Å²) in [5.74, 6) is -0.166. The lowest BCUT2D eigenvalue weighted by atomic mass is 10.1. The second kappa shape index (κ2) is 8.45. The molecule has 22 heavy (non-hydrogen) atoms. The first kappa shape index (κ1) is 16.4. The molecular weight excluding hydrogens is 298 g/mol. The van der Waals surface area contributed by atoms with E-state index in [0.717, 1.165) is 49.4 Å². The Labute approximate surface area is 136 Å². The zero-order valence-corrected chi connectivity index (χ0v) is 13.3. The van der Waals surface area contributed by atoms with E-state index in [4.69, 9.17) is 16.9 Å². The number of benzene rings is 1. The molecule has 116 valence electrons. The number of nitrogens with zero attached hydrogens (tertiary/aromatic N) is 2. The molecule has 1 aromatic carbocycles. The van der Waals surface area contributed by atoms with Crippen LogP contribution in [0, 0.1) is 11.3 Å². The molecule has 0 saturated carbocycles. The quantitative estimate of drug-likeness (QED) is 0.516. The second-order valence-electron chi connectivity index (χ2n) is 5.35. The van der Waals surface area contributed by atoms with Crippen molar-refractivity contribution in [1.82, 2.24) is 10.2 Å². The maximum atomic E-state index is 12.2. The zero-order valence-electron chi connectivity index (χ0n) is 12.5. The van der Waals surface area contributed by atoms with Crippen molar-refractivity contribution in [1.29, 1.82) is 5.26 Å². The first-order valence-corrected chi connectivity index (χ1v) is 7.96. The Hall–Kier alpha value is -1.99. The summed E-state index contributed by atoms with van der Waals surface area (Å²) in [6.07, 6.45) is 5.55. The molecule has 0 bridgehead atoms. The van der Waals surface area contributed by atoms with Gasteiger partial charge in [0.15, 0.2) is 0 Å². The van der Waals surface area contributed by atoms with Gasteiger partial charge in [-0.2, -0.15) is 5.26 Å². The number of nitriles is 1. The van der Waals surface area contributed by atoms with Gasteiger partial charge in [-0.3, -0.25) is 4.79 Å². The fraction of sp³-hybridized carbons (Fsp3) is 0.412. The van der Waals surface area contributed by atoms with Gasteiger partial charge in [0.1, 0.15) is 11.6 Å². The van der Waals surface area contributed by atoms with Crippen LogP contribution in [0.4, 0.5) is 0 Å². The number of carbonyl (C=O) groups is 1. The minimum Gasteiger partial charge on any atom is -0.389 e. The molecule has 2 rings (SSSR count). The lowest BCUT2D eigenvalue weighted by molar-refractivity contribution is -0.127. The van der Waals surface area contributed by atoms with E-state index in [1.807, 2.05) is 30.3 Å². The summed E-state index contributed by atoms with van der Waals surface area (Å²) in [4.78, 5) is 14.0. The fourth-order valence-corrected chi connectivity index (χ4v) is 2.58. The summed E-state index contributed by atoms with van der Waals surface area (Å²) in [5, 5.41) is 12.9. The Balaban J connectivity index is 1.83. The molecule has 1 aliphatic heterocycles. The van der Waals surface area contributed by atoms with Crippen molar-refractivity contribution in [2.24, 2.45) is 0 Å². The van der Waals surface area contributed by atoms with Crippen molar-refractivity contribution >= 4 is 17.5 Å². The lowest BCUT2D eigenvalue weighted by Crippen LogP contribution is -2.36. The number of rotatable bonds is 5. The number of amides is 1. The third-order valence-corrected chi connectivity index (χ3v) is 3.96. The molecule has 0 atom stereocenters. The second-order valence-corrected chi connectivity index (χ2v) is 5.79. The predicted molar refractivity (Wildman–Crippen MR) is 87.3 cm³/mol. The molecule has 1 fully saturated rings. The van der Waals surface area contributed by atoms with Crippen LogP contribution >= 0.6 is 11.6 Å². The molecular formula is C17H20ClN3O. The predicted octanol–water partition coefficient (Wildman–Crippen LogP) is 2.89. The van der Waals surface area contributed by atoms with Crippen LogP contribution in [-0.4, -0.2) is 30.4 Å². The molecule has 1 aliphatic rings. The summed E-state index contributed by atoms with van der Waals surface area (Å²) in [7, 11) is 0. The van der Waals surface area contributed by atoms with Crippen LogP contribution in [0.15, 0.2) is 36.0 Å². The average molecular weight is 318 g/mol. The van der Waals surface area contributed by atoms with Gasteiger partial charge in [0, 0.05) is 30.9 Å². The largest absolute Gasteiger partial charge is 0.389 e. The molecule has 0 radical (unpaired) electrons. The van der Waals surface area contributed by atoms with Gasteiger partial charge in [-0.25, -0.2) is 0 Å². The van der Waals surface area contributed by atoms with Crippen LogP contribution in [-0.2, 0) is 11.2 Å². The van der Waals surface area contributed by atoms with Crippen LogP contribution in [0.1, 0.15) is 24.8 Å². The molecule has 1 saturated heterocycles. The highest BCUT2D eigenvalue weighted by molar-refractivity contribution is 6.30. The van der Waals surface area contributed by atoms with E-state index in [-0.39, 0.29) is 11.5 Å². The highest BCUT2D eigenvalue weighted by Gasteiger charge is 2.19. The Morgan fingerprint density at radius 2 is 1.95 bits per heavy atom. The minimum atomic E-state index is -0.166. The maximum Gasteiger partial charge on any atom is 0.265 e. The van der Waals surface area contributed by atoms with Crippen LogP contribution in [0.5, 0.6) is 0 Å². The average Bonchev–Trinajstić information content (AvgIpc) is 2.57. The van der Waals surface area contributed by atoms with Crippen molar-refractivity contribution in [2.75, 3.05) is 19.6 Å². The number of nitrogens with one attached hydrogen (secondary N) is 1. The van der Waals surface area contributed by atoms with E-state index >= 15 is 0 Å². The third kappa shape index (κ3) is 4.78. The summed E-state index contributed by atoms with van der Waals surface area (Å²) in [6, 6.07) is 9.64. The lowest BCUT2D eigenvalue weighted by Gasteiger charge is -2.26. The van der Waals surface area contributed by atoms with Gasteiger partial charge in [-0.05, 0) is 43.4 Å². The van der Waals surface area contributed by atoms with Gasteiger partial charge in [0.05, 0.1) is 0 Å². The van der Waals surface area contributed by atoms with E-state index in [0.29, 0.717) is 6.54 Å². The van der Waals surface area contributed by atoms with Crippen molar-refractivity contribution < 1.29 is 4.79 Å². The standard InChI is InChI=1S/C17H20ClN3O/c18-16-6-4-14(5-7-16)8-9-20-13-15(12-19)17(22)21-10-2-1-3-11-21/h4-7,13,20H,1-3,8-11H2/b15-13-. The van der Waals surface area contributed by atoms with Crippen LogP contribution in [0.3, 0.4) is 0 Å². The number of hydrogen-bond donors (Lipinski definition) is 1. The highest BCUT2D eigenvalue weighted by Crippen LogP contribution is 2.12. The fourth-order valence-electron chi connectivity index (χ4n) is 2.45. The van der Waals surface area contributed by atoms with Crippen LogP contribution in [0.25, 0.3) is 0 Å². The normalized spacial score (nSPS) is 15.3. The van der Waals surface area contributed by atoms with Crippen LogP contribution in [0.2, 0.25) is 5.02 Å². The summed E-state index contributed by atoms with van der Waals surface area (Å²) in [6.45, 7) is 2.17. The highest BCUT2D eigenvalue weighted by atomic mass is 35.5. The van der Waals surface area contributed by atoms with Crippen molar-refractivity contribution in [3.63, 3.8) is 0 Å². The molecule has 1 N–H and O–H groups in total. The smallest absolute Gasteiger partial charge is 0.265 e. The first-order chi connectivity index (χ1) is 10.7. The molecule has 4 nitrogen and oxygen atoms in total. The van der Waals surface area contributed by atoms with Crippen LogP contribution < -0.4 is 5.32 Å². The SMILES string of the molecule is N#C/C(=C/NCCc1ccc(Cl)cc1)C(=O)N1CCCCC1. The van der Waals surface area contributed by atoms with Crippen molar-refractivity contribution in [3.05, 3.63) is 46.6 Å². The van der Waals surface area contributed by atoms with E-state index in [2.05, 4.69) is 5.32 Å². The number of piperidine rings is 1. The zero-order chi connectivity index (χ0) is 15.8. The Kier molecular flexibility index (Phi) is 6.29. The van der Waals surface area contributed by atoms with Gasteiger partial charge in [-0.1, -0.05) is 23.7 Å². The molecule has 5 heteroatoms. The monoisotopic (exact) mass is 317 g/mol. The summed E-state index contributed by atoms with van der Waals surface area (Å²) >= 11 is 5.84. The molecule has 0 spiro atoms. The van der Waals surface area contributed by atoms with Crippen molar-refractivity contribution in [2.45, 2.75) is 25.7 Å². The Bertz CT molecular complexity index is 569. The van der Waals surface area contributed by atoms with Gasteiger partial charge in [-0.15, -0.1) is 0 Å². The first-order valence-electron chi connectivity index (χ1n) is 7.58. The molecule has 1 amide bonds. The molecule has 1 aromatic rings. The minimum absolute atomic E-state index is 0.166. The number of likely N-dealkylation sites (tertiary alicyclic amines) is 1. The summed E-state index contributed by atoms with van der Waals surface area (Å²) in [5.41, 5.74) is 1.34. The number of halogens is 1. The molecule has 0 aromatic heterocycles. The topological polar surface area (TPSA) is 56.1 Å². The van der Waals surface area contributed by atoms with Gasteiger partial charge < -0.3 is 10.2 Å². The summed E-state index contributed by atoms with van der Waals surface area (Å²) < 4.78 is 0. The Morgan fingerprint density at radius 3 is 2.59 bits per heavy atom. The maximum absolute atomic E-state index is 12.2. The molecule has 0 unspecified atom stereocenters. The van der Waals surface area contributed by atoms with E-state index < -0.39 is 0 Å². The van der Waals surface area contributed by atoms with Gasteiger partial charge in [0.2, 0.25) is 0 Å². The number of hydrogen-bond acceptors (Lipinski definition) is 3. The molecule has 1 heterocycles. The Morgan fingerprint density at radius 1 is 1.27 bits per heavy atom.